The van der Waals surface area contributed by atoms with E-state index in [1.54, 1.807) is 0 Å². The number of benzene rings is 6. The first-order valence-electron chi connectivity index (χ1n) is 26.2. The Morgan fingerprint density at radius 1 is 0.400 bits per heavy atom. The first-order valence-corrected chi connectivity index (χ1v) is 26.2. The van der Waals surface area contributed by atoms with Crippen LogP contribution in [0.25, 0.3) is 22.1 Å². The highest BCUT2D eigenvalue weighted by molar-refractivity contribution is 6.00. The van der Waals surface area contributed by atoms with E-state index in [4.69, 9.17) is 4.42 Å². The molecule has 0 bridgehead atoms. The highest BCUT2D eigenvalue weighted by Crippen LogP contribution is 2.53. The number of fused-ring (bicyclic) bond motifs is 3. The van der Waals surface area contributed by atoms with Gasteiger partial charge >= 0.3 is 0 Å². The summed E-state index contributed by atoms with van der Waals surface area (Å²) in [7, 11) is 0. The Balaban J connectivity index is 1.34. The second-order valence-corrected chi connectivity index (χ2v) is 27.1. The Morgan fingerprint density at radius 3 is 1.44 bits per heavy atom. The molecule has 0 saturated heterocycles. The molecule has 7 aromatic rings. The number of hydrogen-bond acceptors (Lipinski definition) is 3. The molecule has 3 nitrogen and oxygen atoms in total. The van der Waals surface area contributed by atoms with Crippen LogP contribution in [0.2, 0.25) is 0 Å². The lowest BCUT2D eigenvalue weighted by molar-refractivity contribution is 0.332. The van der Waals surface area contributed by atoms with Crippen molar-refractivity contribution in [2.45, 2.75) is 188 Å². The van der Waals surface area contributed by atoms with Crippen LogP contribution in [0, 0.1) is 6.92 Å². The number of anilines is 6. The Bertz CT molecular complexity index is 3110. The third-order valence-corrected chi connectivity index (χ3v) is 16.6. The predicted molar refractivity (Wildman–Crippen MR) is 302 cm³/mol. The first kappa shape index (κ1) is 49.4. The molecule has 0 amide bonds. The predicted octanol–water partition coefficient (Wildman–Crippen LogP) is 19.9. The minimum Gasteiger partial charge on any atom is -0.462 e. The average Bonchev–Trinajstić information content (AvgIpc) is 3.69. The molecular formula is C67H82N2O. The van der Waals surface area contributed by atoms with E-state index in [1.165, 1.54) is 74.2 Å². The van der Waals surface area contributed by atoms with Crippen LogP contribution in [0.3, 0.4) is 0 Å². The van der Waals surface area contributed by atoms with E-state index < -0.39 is 0 Å². The van der Waals surface area contributed by atoms with Crippen molar-refractivity contribution in [3.8, 4) is 11.1 Å². The van der Waals surface area contributed by atoms with Crippen LogP contribution in [0.1, 0.15) is 188 Å². The van der Waals surface area contributed by atoms with E-state index in [0.717, 1.165) is 52.2 Å². The van der Waals surface area contributed by atoms with Gasteiger partial charge in [0.25, 0.3) is 0 Å². The summed E-state index contributed by atoms with van der Waals surface area (Å²) in [6.07, 6.45) is 6.68. The summed E-state index contributed by atoms with van der Waals surface area (Å²) >= 11 is 0. The van der Waals surface area contributed by atoms with Crippen LogP contribution >= 0.6 is 0 Å². The molecule has 0 spiro atoms. The molecule has 6 aromatic carbocycles. The molecule has 2 aliphatic carbocycles. The van der Waals surface area contributed by atoms with Gasteiger partial charge in [-0.05, 0) is 187 Å². The Labute approximate surface area is 422 Å². The maximum absolute atomic E-state index is 6.61. The van der Waals surface area contributed by atoms with Crippen molar-refractivity contribution in [2.75, 3.05) is 9.80 Å². The Morgan fingerprint density at radius 2 is 0.871 bits per heavy atom. The molecule has 9 rings (SSSR count). The zero-order valence-corrected chi connectivity index (χ0v) is 46.2. The molecular weight excluding hydrogens is 849 g/mol. The van der Waals surface area contributed by atoms with Crippen LogP contribution in [0.4, 0.5) is 34.1 Å². The van der Waals surface area contributed by atoms with E-state index in [0.29, 0.717) is 0 Å². The third-order valence-electron chi connectivity index (χ3n) is 16.6. The second kappa shape index (κ2) is 16.8. The Kier molecular flexibility index (Phi) is 11.9. The minimum atomic E-state index is -0.0598. The summed E-state index contributed by atoms with van der Waals surface area (Å²) in [5, 5.41) is 1.10. The second-order valence-electron chi connectivity index (χ2n) is 27.1. The molecule has 0 atom stereocenters. The number of rotatable bonds is 7. The zero-order chi connectivity index (χ0) is 50.7. The van der Waals surface area contributed by atoms with Crippen molar-refractivity contribution < 1.29 is 4.42 Å². The third kappa shape index (κ3) is 9.05. The molecule has 1 aromatic heterocycles. The van der Waals surface area contributed by atoms with Gasteiger partial charge in [-0.15, -0.1) is 0 Å². The fraction of sp³-hybridized carbons (Fsp3) is 0.433. The van der Waals surface area contributed by atoms with E-state index in [9.17, 15) is 0 Å². The lowest BCUT2D eigenvalue weighted by Crippen LogP contribution is -2.34. The van der Waals surface area contributed by atoms with Crippen LogP contribution in [-0.4, -0.2) is 0 Å². The Hall–Kier alpha value is -5.54. The van der Waals surface area contributed by atoms with Crippen molar-refractivity contribution >= 4 is 45.1 Å². The van der Waals surface area contributed by atoms with Gasteiger partial charge in [-0.25, -0.2) is 0 Å². The van der Waals surface area contributed by atoms with Crippen molar-refractivity contribution in [2.24, 2.45) is 0 Å². The van der Waals surface area contributed by atoms with Gasteiger partial charge in [0, 0.05) is 33.7 Å². The fourth-order valence-electron chi connectivity index (χ4n) is 11.5. The van der Waals surface area contributed by atoms with E-state index in [1.807, 2.05) is 6.26 Å². The molecule has 70 heavy (non-hydrogen) atoms. The van der Waals surface area contributed by atoms with Gasteiger partial charge in [-0.2, -0.15) is 0 Å². The maximum atomic E-state index is 6.61. The van der Waals surface area contributed by atoms with Gasteiger partial charge in [0.05, 0.1) is 11.4 Å². The van der Waals surface area contributed by atoms with Crippen LogP contribution in [0.5, 0.6) is 0 Å². The number of aryl methyl sites for hydroxylation is 1. The summed E-state index contributed by atoms with van der Waals surface area (Å²) in [6, 6.07) is 45.1. The van der Waals surface area contributed by atoms with Crippen molar-refractivity contribution in [3.05, 3.63) is 166 Å². The van der Waals surface area contributed by atoms with Crippen molar-refractivity contribution in [3.63, 3.8) is 0 Å². The molecule has 1 heterocycles. The molecule has 3 heteroatoms. The minimum absolute atomic E-state index is 0.0340. The van der Waals surface area contributed by atoms with E-state index >= 15 is 0 Å². The van der Waals surface area contributed by atoms with E-state index in [2.05, 4.69) is 250 Å². The quantitative estimate of drug-likeness (QED) is 0.159. The normalized spacial score (nSPS) is 17.2. The number of furan rings is 1. The molecule has 0 N–H and O–H groups in total. The van der Waals surface area contributed by atoms with Crippen molar-refractivity contribution in [1.29, 1.82) is 0 Å². The SMILES string of the molecule is Cc1cc(N(c2ccc(C(C)(C)C)cc2)c2ccc3c(c2)C(C)(C)CCC3(C)C)cc(N(c2ccc(C(C)(C)C)cc2-c2ccc3c(c2)C(C)(C)CCC3(C)C)c2coc3ccc(C(C)(C)C)cc23)c1. The average molecular weight is 931 g/mol. The van der Waals surface area contributed by atoms with Gasteiger partial charge < -0.3 is 14.2 Å². The molecule has 0 aliphatic heterocycles. The lowest BCUT2D eigenvalue weighted by Gasteiger charge is -2.42. The summed E-state index contributed by atoms with van der Waals surface area (Å²) in [5.74, 6) is 0. The summed E-state index contributed by atoms with van der Waals surface area (Å²) in [6.45, 7) is 42.5. The fourth-order valence-corrected chi connectivity index (χ4v) is 11.5. The van der Waals surface area contributed by atoms with Gasteiger partial charge in [0.15, 0.2) is 0 Å². The summed E-state index contributed by atoms with van der Waals surface area (Å²) in [5.41, 5.74) is 21.2. The highest BCUT2D eigenvalue weighted by Gasteiger charge is 2.39. The van der Waals surface area contributed by atoms with Gasteiger partial charge in [0.1, 0.15) is 11.8 Å². The van der Waals surface area contributed by atoms with Gasteiger partial charge in [-0.3, -0.25) is 0 Å². The molecule has 2 aliphatic rings. The van der Waals surface area contributed by atoms with Crippen molar-refractivity contribution in [1.82, 2.24) is 0 Å². The summed E-state index contributed by atoms with van der Waals surface area (Å²) < 4.78 is 6.61. The standard InChI is InChI=1S/C67H82N2O/c1-43-35-50(68(48-24-20-45(21-25-48)61(2,3)4)49-26-28-55-57(41-49)67(17,18)34-32-65(55,13)14)40-51(36-43)69(59-42-70-60-30-23-47(39-53(59)60)63(8,9)10)58-29-22-46(62(5,6)7)38-52(58)44-19-27-54-56(37-44)66(15,16)33-31-64(54,11)12/h19-30,35-42H,31-34H2,1-18H3. The van der Waals surface area contributed by atoms with Crippen LogP contribution < -0.4 is 9.80 Å². The smallest absolute Gasteiger partial charge is 0.136 e. The first-order chi connectivity index (χ1) is 32.4. The lowest BCUT2D eigenvalue weighted by atomic mass is 9.63. The molecule has 366 valence electrons. The maximum Gasteiger partial charge on any atom is 0.136 e. The number of hydrogen-bond donors (Lipinski definition) is 0. The number of nitrogens with zero attached hydrogens (tertiary/aromatic N) is 2. The van der Waals surface area contributed by atoms with Gasteiger partial charge in [-0.1, -0.05) is 166 Å². The molecule has 0 unspecified atom stereocenters. The summed E-state index contributed by atoms with van der Waals surface area (Å²) in [4.78, 5) is 5.01. The topological polar surface area (TPSA) is 19.6 Å². The highest BCUT2D eigenvalue weighted by atomic mass is 16.3. The van der Waals surface area contributed by atoms with Gasteiger partial charge in [0.2, 0.25) is 0 Å². The molecule has 0 fully saturated rings. The van der Waals surface area contributed by atoms with E-state index in [-0.39, 0.29) is 37.9 Å². The van der Waals surface area contributed by atoms with Crippen LogP contribution in [-0.2, 0) is 37.9 Å². The largest absolute Gasteiger partial charge is 0.462 e. The monoisotopic (exact) mass is 931 g/mol. The molecule has 0 saturated carbocycles. The molecule has 0 radical (unpaired) electrons. The zero-order valence-electron chi connectivity index (χ0n) is 46.2. The van der Waals surface area contributed by atoms with Crippen LogP contribution in [0.15, 0.2) is 126 Å².